The molecule has 3 rings (SSSR count). The van der Waals surface area contributed by atoms with E-state index in [1.165, 1.54) is 23.5 Å². The Bertz CT molecular complexity index is 959. The molecule has 27 heavy (non-hydrogen) atoms. The lowest BCUT2D eigenvalue weighted by Crippen LogP contribution is -2.26. The third-order valence-electron chi connectivity index (χ3n) is 4.45. The van der Waals surface area contributed by atoms with E-state index in [1.54, 1.807) is 23.0 Å². The quantitative estimate of drug-likeness (QED) is 0.691. The van der Waals surface area contributed by atoms with Crippen LogP contribution < -0.4 is 5.32 Å². The Kier molecular flexibility index (Phi) is 5.41. The first kappa shape index (κ1) is 19.2. The maximum atomic E-state index is 13.1. The first-order valence-electron chi connectivity index (χ1n) is 8.86. The van der Waals surface area contributed by atoms with E-state index in [0.29, 0.717) is 10.8 Å². The number of nitrogens with zero attached hydrogens (tertiary/aromatic N) is 3. The van der Waals surface area contributed by atoms with E-state index >= 15 is 0 Å². The summed E-state index contributed by atoms with van der Waals surface area (Å²) in [7, 11) is 0. The molecule has 0 radical (unpaired) electrons. The molecular weight excluding hydrogens is 363 g/mol. The Morgan fingerprint density at radius 3 is 2.44 bits per heavy atom. The highest BCUT2D eigenvalue weighted by Crippen LogP contribution is 2.26. The van der Waals surface area contributed by atoms with Gasteiger partial charge in [-0.3, -0.25) is 4.79 Å². The molecule has 0 spiro atoms. The van der Waals surface area contributed by atoms with Gasteiger partial charge < -0.3 is 5.32 Å². The fourth-order valence-electron chi connectivity index (χ4n) is 2.90. The normalized spacial score (nSPS) is 12.4. The Balaban J connectivity index is 1.79. The smallest absolute Gasteiger partial charge is 0.263 e. The molecule has 2 aromatic heterocycles. The monoisotopic (exact) mass is 386 g/mol. The molecule has 0 saturated heterocycles. The lowest BCUT2D eigenvalue weighted by atomic mass is 10.1. The van der Waals surface area contributed by atoms with Crippen molar-refractivity contribution in [1.82, 2.24) is 20.1 Å². The van der Waals surface area contributed by atoms with Gasteiger partial charge in [-0.05, 0) is 45.0 Å². The minimum absolute atomic E-state index is 0.127. The maximum absolute atomic E-state index is 13.1. The summed E-state index contributed by atoms with van der Waals surface area (Å²) >= 11 is 1.44. The van der Waals surface area contributed by atoms with Crippen molar-refractivity contribution in [3.05, 3.63) is 63.1 Å². The van der Waals surface area contributed by atoms with E-state index in [-0.39, 0.29) is 17.8 Å². The minimum atomic E-state index is -0.287. The van der Waals surface area contributed by atoms with Gasteiger partial charge in [-0.15, -0.1) is 11.3 Å². The van der Waals surface area contributed by atoms with Crippen molar-refractivity contribution in [2.45, 2.75) is 46.6 Å². The van der Waals surface area contributed by atoms with Crippen molar-refractivity contribution in [3.8, 4) is 5.69 Å². The van der Waals surface area contributed by atoms with E-state index in [2.05, 4.69) is 29.2 Å². The SMILES string of the molecule is Cc1nc(C(C)C)sc1C(=O)NC(C)c1cnn(-c2ccc(F)cc2)c1C. The van der Waals surface area contributed by atoms with E-state index in [4.69, 9.17) is 0 Å². The number of aromatic nitrogens is 3. The topological polar surface area (TPSA) is 59.8 Å². The third kappa shape index (κ3) is 3.93. The molecule has 1 amide bonds. The molecule has 0 bridgehead atoms. The Labute approximate surface area is 162 Å². The fraction of sp³-hybridized carbons (Fsp3) is 0.350. The predicted molar refractivity (Wildman–Crippen MR) is 105 cm³/mol. The van der Waals surface area contributed by atoms with Crippen LogP contribution in [-0.2, 0) is 0 Å². The number of amides is 1. The maximum Gasteiger partial charge on any atom is 0.263 e. The minimum Gasteiger partial charge on any atom is -0.345 e. The van der Waals surface area contributed by atoms with E-state index in [0.717, 1.165) is 27.6 Å². The van der Waals surface area contributed by atoms with Crippen LogP contribution in [0.3, 0.4) is 0 Å². The highest BCUT2D eigenvalue weighted by atomic mass is 32.1. The largest absolute Gasteiger partial charge is 0.345 e. The molecule has 0 aliphatic carbocycles. The zero-order valence-corrected chi connectivity index (χ0v) is 16.9. The second kappa shape index (κ2) is 7.60. The Morgan fingerprint density at radius 1 is 1.19 bits per heavy atom. The highest BCUT2D eigenvalue weighted by molar-refractivity contribution is 7.13. The van der Waals surface area contributed by atoms with E-state index in [1.807, 2.05) is 20.8 Å². The number of carbonyl (C=O) groups is 1. The molecule has 0 fully saturated rings. The summed E-state index contributed by atoms with van der Waals surface area (Å²) in [5, 5.41) is 8.40. The third-order valence-corrected chi connectivity index (χ3v) is 5.90. The zero-order chi connectivity index (χ0) is 19.7. The standard InChI is InChI=1S/C20H23FN4OS/c1-11(2)20-24-13(4)18(27-20)19(26)23-12(3)17-10-22-25(14(17)5)16-8-6-15(21)7-9-16/h6-12H,1-5H3,(H,23,26). The van der Waals surface area contributed by atoms with Crippen molar-refractivity contribution in [1.29, 1.82) is 0 Å². The van der Waals surface area contributed by atoms with Crippen LogP contribution in [-0.4, -0.2) is 20.7 Å². The molecule has 2 heterocycles. The van der Waals surface area contributed by atoms with Crippen LogP contribution in [0.2, 0.25) is 0 Å². The fourth-order valence-corrected chi connectivity index (χ4v) is 3.88. The Hall–Kier alpha value is -2.54. The van der Waals surface area contributed by atoms with Crippen molar-refractivity contribution < 1.29 is 9.18 Å². The van der Waals surface area contributed by atoms with Crippen molar-refractivity contribution >= 4 is 17.2 Å². The predicted octanol–water partition coefficient (Wildman–Crippen LogP) is 4.70. The summed E-state index contributed by atoms with van der Waals surface area (Å²) in [4.78, 5) is 17.8. The molecule has 5 nitrogen and oxygen atoms in total. The average molecular weight is 386 g/mol. The molecule has 1 unspecified atom stereocenters. The van der Waals surface area contributed by atoms with Gasteiger partial charge in [0, 0.05) is 17.2 Å². The summed E-state index contributed by atoms with van der Waals surface area (Å²) in [6.07, 6.45) is 1.74. The van der Waals surface area contributed by atoms with Crippen molar-refractivity contribution in [2.24, 2.45) is 0 Å². The van der Waals surface area contributed by atoms with Crippen LogP contribution in [0, 0.1) is 19.7 Å². The zero-order valence-electron chi connectivity index (χ0n) is 16.1. The molecule has 3 aromatic rings. The number of rotatable bonds is 5. The van der Waals surface area contributed by atoms with Gasteiger partial charge in [0.15, 0.2) is 0 Å². The summed E-state index contributed by atoms with van der Waals surface area (Å²) < 4.78 is 14.9. The van der Waals surface area contributed by atoms with Gasteiger partial charge in [0.25, 0.3) is 5.91 Å². The van der Waals surface area contributed by atoms with Gasteiger partial charge in [-0.2, -0.15) is 5.10 Å². The number of halogens is 1. The highest BCUT2D eigenvalue weighted by Gasteiger charge is 2.21. The number of hydrogen-bond donors (Lipinski definition) is 1. The molecule has 0 saturated carbocycles. The molecular formula is C20H23FN4OS. The second-order valence-corrected chi connectivity index (χ2v) is 7.92. The lowest BCUT2D eigenvalue weighted by Gasteiger charge is -2.14. The Morgan fingerprint density at radius 2 is 1.85 bits per heavy atom. The van der Waals surface area contributed by atoms with Gasteiger partial charge in [0.1, 0.15) is 10.7 Å². The van der Waals surface area contributed by atoms with Crippen LogP contribution in [0.4, 0.5) is 4.39 Å². The van der Waals surface area contributed by atoms with Gasteiger partial charge in [-0.1, -0.05) is 13.8 Å². The van der Waals surface area contributed by atoms with Crippen LogP contribution in [0.1, 0.15) is 64.4 Å². The van der Waals surface area contributed by atoms with Gasteiger partial charge >= 0.3 is 0 Å². The molecule has 0 aliphatic heterocycles. The molecule has 1 atom stereocenters. The van der Waals surface area contributed by atoms with Crippen LogP contribution in [0.15, 0.2) is 30.5 Å². The van der Waals surface area contributed by atoms with Crippen LogP contribution >= 0.6 is 11.3 Å². The van der Waals surface area contributed by atoms with Crippen molar-refractivity contribution in [3.63, 3.8) is 0 Å². The second-order valence-electron chi connectivity index (χ2n) is 6.89. The molecule has 0 aliphatic rings. The number of carbonyl (C=O) groups excluding carboxylic acids is 1. The first-order valence-corrected chi connectivity index (χ1v) is 9.68. The van der Waals surface area contributed by atoms with Crippen LogP contribution in [0.25, 0.3) is 5.69 Å². The first-order chi connectivity index (χ1) is 12.8. The number of nitrogens with one attached hydrogen (secondary N) is 1. The molecule has 142 valence electrons. The summed E-state index contributed by atoms with van der Waals surface area (Å²) in [6.45, 7) is 9.85. The number of benzene rings is 1. The van der Waals surface area contributed by atoms with Gasteiger partial charge in [-0.25, -0.2) is 14.1 Å². The molecule has 1 N–H and O–H groups in total. The molecule has 1 aromatic carbocycles. The number of aryl methyl sites for hydroxylation is 1. The average Bonchev–Trinajstić information content (AvgIpc) is 3.19. The van der Waals surface area contributed by atoms with Gasteiger partial charge in [0.2, 0.25) is 0 Å². The lowest BCUT2D eigenvalue weighted by molar-refractivity contribution is 0.0943. The van der Waals surface area contributed by atoms with Crippen LogP contribution in [0.5, 0.6) is 0 Å². The van der Waals surface area contributed by atoms with E-state index in [9.17, 15) is 9.18 Å². The molecule has 7 heteroatoms. The van der Waals surface area contributed by atoms with Crippen molar-refractivity contribution in [2.75, 3.05) is 0 Å². The summed E-state index contributed by atoms with van der Waals surface area (Å²) in [5.41, 5.74) is 3.35. The summed E-state index contributed by atoms with van der Waals surface area (Å²) in [5.74, 6) is -0.118. The van der Waals surface area contributed by atoms with E-state index < -0.39 is 0 Å². The number of thiazole rings is 1. The number of hydrogen-bond acceptors (Lipinski definition) is 4. The summed E-state index contributed by atoms with van der Waals surface area (Å²) in [6, 6.07) is 5.95. The van der Waals surface area contributed by atoms with Gasteiger partial charge in [0.05, 0.1) is 28.6 Å².